The van der Waals surface area contributed by atoms with Crippen LogP contribution in [0.3, 0.4) is 0 Å². The molecule has 1 saturated heterocycles. The van der Waals surface area contributed by atoms with Crippen LogP contribution in [-0.2, 0) is 84.7 Å². The number of rotatable bonds is 50. The number of hydrogen-bond donors (Lipinski definition) is 12. The summed E-state index contributed by atoms with van der Waals surface area (Å²) in [6, 6.07) is 0.421. The molecule has 133 heavy (non-hydrogen) atoms. The van der Waals surface area contributed by atoms with Gasteiger partial charge in [-0.15, -0.1) is 0 Å². The van der Waals surface area contributed by atoms with E-state index in [1.807, 2.05) is 166 Å². The molecule has 10 amide bonds. The van der Waals surface area contributed by atoms with Gasteiger partial charge in [-0.25, -0.2) is 9.13 Å². The summed E-state index contributed by atoms with van der Waals surface area (Å²) in [6.45, 7) is 89.4. The van der Waals surface area contributed by atoms with Gasteiger partial charge in [0.2, 0.25) is 59.1 Å². The molecule has 1 aliphatic heterocycles. The van der Waals surface area contributed by atoms with Crippen LogP contribution in [0.4, 0.5) is 0 Å². The fourth-order valence-corrected chi connectivity index (χ4v) is 11.3. The smallest absolute Gasteiger partial charge is 0.380 e. The number of Topliss-reactive ketones (excluding diaryl/α,β-unsaturated/α-hetero) is 1. The first-order chi connectivity index (χ1) is 60.3. The van der Waals surface area contributed by atoms with E-state index in [-0.39, 0.29) is 153 Å². The number of ether oxygens (including phenoxy) is 1. The summed E-state index contributed by atoms with van der Waals surface area (Å²) in [5.41, 5.74) is 0.185. The largest absolute Gasteiger partial charge is 0.472 e. The van der Waals surface area contributed by atoms with Crippen LogP contribution in [0.1, 0.15) is 368 Å². The van der Waals surface area contributed by atoms with Crippen LogP contribution in [0.2, 0.25) is 0 Å². The molecule has 1 heterocycles. The lowest BCUT2D eigenvalue weighted by molar-refractivity contribution is -0.134. The maximum Gasteiger partial charge on any atom is 0.472 e. The monoisotopic (exact) mass is 1950 g/mol. The number of amides is 10. The number of carbonyl (C=O) groups is 11. The summed E-state index contributed by atoms with van der Waals surface area (Å²) in [6.07, 6.45) is 7.59. The lowest BCUT2D eigenvalue weighted by atomic mass is 9.97. The zero-order valence-electron chi connectivity index (χ0n) is 91.5. The molecular weight excluding hydrogens is 1740 g/mol. The predicted molar refractivity (Wildman–Crippen MR) is 549 cm³/mol. The third-order valence-electron chi connectivity index (χ3n) is 16.6. The fraction of sp³-hybridized carbons (Fsp3) is 0.890. The topological polar surface area (TPSA) is 432 Å². The van der Waals surface area contributed by atoms with E-state index in [1.165, 1.54) is 0 Å². The lowest BCUT2D eigenvalue weighted by Gasteiger charge is -2.32. The number of phosphoric acid groups is 2. The van der Waals surface area contributed by atoms with Gasteiger partial charge in [-0.2, -0.15) is 0 Å². The number of likely N-dealkylation sites (tertiary alicyclic amines) is 1. The van der Waals surface area contributed by atoms with Gasteiger partial charge in [0.1, 0.15) is 5.78 Å². The van der Waals surface area contributed by atoms with Gasteiger partial charge >= 0.3 is 15.6 Å². The average molecular weight is 1950 g/mol. The van der Waals surface area contributed by atoms with Gasteiger partial charge in [-0.3, -0.25) is 76.2 Å². The van der Waals surface area contributed by atoms with E-state index in [1.54, 1.807) is 4.90 Å². The summed E-state index contributed by atoms with van der Waals surface area (Å²) in [5.74, 6) is 7.27. The van der Waals surface area contributed by atoms with Gasteiger partial charge in [-0.1, -0.05) is 277 Å². The average Bonchev–Trinajstić information content (AvgIpc) is 0.858. The van der Waals surface area contributed by atoms with Gasteiger partial charge in [-0.05, 0) is 128 Å². The number of piperidine rings is 1. The minimum absolute atomic E-state index is 0. The van der Waals surface area contributed by atoms with Crippen molar-refractivity contribution in [3.63, 3.8) is 0 Å². The molecule has 0 aromatic rings. The van der Waals surface area contributed by atoms with Crippen molar-refractivity contribution in [1.29, 1.82) is 0 Å². The van der Waals surface area contributed by atoms with Crippen molar-refractivity contribution in [2.45, 2.75) is 380 Å². The Morgan fingerprint density at radius 3 is 0.962 bits per heavy atom. The van der Waals surface area contributed by atoms with Crippen LogP contribution in [-0.4, -0.2) is 184 Å². The van der Waals surface area contributed by atoms with Gasteiger partial charge in [0.15, 0.2) is 0 Å². The second-order valence-electron chi connectivity index (χ2n) is 42.5. The first kappa shape index (κ1) is 148. The number of nitrogens with one attached hydrogen (secondary N) is 10. The van der Waals surface area contributed by atoms with Gasteiger partial charge in [0, 0.05) is 127 Å². The molecule has 1 unspecified atom stereocenters. The Labute approximate surface area is 813 Å². The normalized spacial score (nSPS) is 12.4. The van der Waals surface area contributed by atoms with Crippen LogP contribution < -0.4 is 53.2 Å². The molecule has 0 spiro atoms. The molecule has 0 aliphatic carbocycles. The maximum absolute atomic E-state index is 11.9. The van der Waals surface area contributed by atoms with Crippen LogP contribution in [0.25, 0.3) is 0 Å². The Balaban J connectivity index is -0.000000159. The van der Waals surface area contributed by atoms with Crippen molar-refractivity contribution in [3.8, 4) is 0 Å². The van der Waals surface area contributed by atoms with Crippen LogP contribution >= 0.6 is 15.6 Å². The molecule has 0 bridgehead atoms. The minimum atomic E-state index is -3.98. The van der Waals surface area contributed by atoms with E-state index in [2.05, 4.69) is 171 Å². The van der Waals surface area contributed by atoms with Crippen molar-refractivity contribution in [2.75, 3.05) is 92.3 Å². The Morgan fingerprint density at radius 1 is 0.346 bits per heavy atom. The Hall–Kier alpha value is -5.49. The summed E-state index contributed by atoms with van der Waals surface area (Å²) < 4.78 is 47.9. The molecular formula is C100H211N11O20P2. The van der Waals surface area contributed by atoms with Gasteiger partial charge in [0.05, 0.1) is 52.5 Å². The summed E-state index contributed by atoms with van der Waals surface area (Å²) in [5, 5.41) is 27.9. The van der Waals surface area contributed by atoms with E-state index in [4.69, 9.17) is 27.7 Å². The quantitative estimate of drug-likeness (QED) is 0.0153. The highest BCUT2D eigenvalue weighted by molar-refractivity contribution is 7.47. The van der Waals surface area contributed by atoms with Gasteiger partial charge < -0.3 is 67.3 Å². The van der Waals surface area contributed by atoms with Crippen molar-refractivity contribution in [1.82, 2.24) is 58.1 Å². The highest BCUT2D eigenvalue weighted by Crippen LogP contribution is 2.46. The number of phosphoric ester groups is 2. The van der Waals surface area contributed by atoms with Crippen molar-refractivity contribution in [3.05, 3.63) is 0 Å². The number of carbonyl (C=O) groups excluding carboxylic acids is 11. The molecule has 796 valence electrons. The number of hydrogen-bond acceptors (Lipinski definition) is 19. The molecule has 0 aromatic carbocycles. The molecule has 12 N–H and O–H groups in total. The SMILES string of the molecule is C.CC(C)C(=O)NCC(C)(C)C.CC(C)CC(=O)C(C)C.CC(C)CC(=O)NCNC(=O)C(C)C.CC(C)CC(=O)NCNC(=O)CC(C)C.CC(C)CC(=O)NCNC(C)C.CC(C)CCC(=O)NCC(C)C.CC(C)CCOCCNC(=O)C(C)C.CC(C)CNC(=O)CC(C)C.CC(C)COP(=O)(O)OC1CCN(C(=O)CC(C)C)CC1.CC(C)COP(=O)(O)OCC(C)C. The van der Waals surface area contributed by atoms with Gasteiger partial charge in [0.25, 0.3) is 0 Å². The Bertz CT molecular complexity index is 2970. The third kappa shape index (κ3) is 129. The van der Waals surface area contributed by atoms with E-state index in [0.717, 1.165) is 45.5 Å². The van der Waals surface area contributed by atoms with E-state index < -0.39 is 15.6 Å². The predicted octanol–water partition coefficient (Wildman–Crippen LogP) is 19.0. The lowest BCUT2D eigenvalue weighted by Crippen LogP contribution is -2.41. The fourth-order valence-electron chi connectivity index (χ4n) is 9.13. The molecule has 1 atom stereocenters. The zero-order valence-corrected chi connectivity index (χ0v) is 93.3. The Kier molecular flexibility index (Phi) is 99.1. The standard InChI is InChI=1S/C14H28NO5P.C11H22N2O2.C11H23NO2.C10H20N2O2.C10H21NO.C9H20N2O.2C9H19NO.C8H19O4P.C8H16O.CH4/c1-11(2)9-14(16)15-7-5-13(6-8-15)20-21(17,18)19-10-12(3)4;1-8(2)5-10(14)12-7-13-11(15)6-9(3)4;1-9(2)5-7-14-8-6-12-11(13)10(3)4;1-7(2)5-9(13)11-6-12-10(14)8(3)4;1-8(2)5-6-10(12)11-7-9(3)4;1-7(2)5-9(12)11-6-10-8(3)4;1-7(2)8(11)10-6-9(3,4)5;1-7(2)5-9(11)10-6-8(3)4;1-7(2)5-11-13(9,10)12-6-8(3)4;1-6(2)5-8(9)7(3)4;/h11-13H,5-10H2,1-4H3,(H,17,18);8-9H,5-7H2,1-4H3,(H,12,14)(H,13,15);9-10H,5-8H2,1-4H3,(H,12,13);7-8H,5-6H2,1-4H3,(H,11,13)(H,12,14);8-9H,5-7H2,1-4H3,(H,11,12);7-8,10H,5-6H2,1-4H3,(H,11,12);7H,6H2,1-5H3,(H,10,11);7-8H,5-6H2,1-4H3,(H,10,11);7-8H,5-6H2,1-4H3,(H,9,10);6-7H,5H2,1-4H3;1H4. The number of ketones is 1. The van der Waals surface area contributed by atoms with Crippen LogP contribution in [0.5, 0.6) is 0 Å². The van der Waals surface area contributed by atoms with E-state index in [0.29, 0.717) is 168 Å². The molecule has 0 radical (unpaired) electrons. The molecule has 33 heteroatoms. The van der Waals surface area contributed by atoms with E-state index in [9.17, 15) is 66.8 Å². The first-order valence-corrected chi connectivity index (χ1v) is 52.1. The van der Waals surface area contributed by atoms with E-state index >= 15 is 0 Å². The van der Waals surface area contributed by atoms with Crippen molar-refractivity contribution >= 4 is 80.5 Å². The van der Waals surface area contributed by atoms with Crippen molar-refractivity contribution < 1.29 is 94.5 Å². The highest BCUT2D eigenvalue weighted by atomic mass is 31.2. The van der Waals surface area contributed by atoms with Crippen LogP contribution in [0, 0.1) is 112 Å². The third-order valence-corrected chi connectivity index (χ3v) is 18.6. The molecule has 1 fully saturated rings. The molecule has 1 rings (SSSR count). The summed E-state index contributed by atoms with van der Waals surface area (Å²) in [4.78, 5) is 144. The molecule has 0 aromatic heterocycles. The summed E-state index contributed by atoms with van der Waals surface area (Å²) >= 11 is 0. The second-order valence-corrected chi connectivity index (χ2v) is 45.3. The van der Waals surface area contributed by atoms with Crippen molar-refractivity contribution in [2.24, 2.45) is 112 Å². The summed E-state index contributed by atoms with van der Waals surface area (Å²) in [7, 11) is -7.78. The Morgan fingerprint density at radius 2 is 0.662 bits per heavy atom. The highest BCUT2D eigenvalue weighted by Gasteiger charge is 2.31. The van der Waals surface area contributed by atoms with Crippen LogP contribution in [0.15, 0.2) is 0 Å². The maximum atomic E-state index is 11.9. The first-order valence-electron chi connectivity index (χ1n) is 49.2. The molecule has 31 nitrogen and oxygen atoms in total. The zero-order chi connectivity index (χ0) is 105. The second kappa shape index (κ2) is 89.2. The molecule has 1 aliphatic rings. The number of nitrogens with zero attached hydrogens (tertiary/aromatic N) is 1. The molecule has 0 saturated carbocycles. The minimum Gasteiger partial charge on any atom is -0.380 e.